The van der Waals surface area contributed by atoms with E-state index in [0.29, 0.717) is 5.01 Å². The Balaban J connectivity index is 1.50. The molecule has 2 heterocycles. The third-order valence-corrected chi connectivity index (χ3v) is 5.30. The van der Waals surface area contributed by atoms with E-state index in [1.807, 2.05) is 24.3 Å². The first kappa shape index (κ1) is 20.0. The molecule has 0 aliphatic carbocycles. The lowest BCUT2D eigenvalue weighted by Crippen LogP contribution is -2.50. The molecule has 1 N–H and O–H groups in total. The van der Waals surface area contributed by atoms with Gasteiger partial charge in [-0.05, 0) is 24.3 Å². The van der Waals surface area contributed by atoms with Crippen LogP contribution in [0.15, 0.2) is 29.8 Å². The first-order valence-electron chi connectivity index (χ1n) is 8.85. The smallest absolute Gasteiger partial charge is 0.335 e. The zero-order valence-corrected chi connectivity index (χ0v) is 16.6. The summed E-state index contributed by atoms with van der Waals surface area (Å²) in [5.41, 5.74) is 2.64. The fraction of sp³-hybridized carbons (Fsp3) is 0.444. The van der Waals surface area contributed by atoms with Gasteiger partial charge >= 0.3 is 5.97 Å². The summed E-state index contributed by atoms with van der Waals surface area (Å²) in [5.74, 6) is 0.0209. The lowest BCUT2D eigenvalue weighted by atomic mass is 10.2. The highest BCUT2D eigenvalue weighted by atomic mass is 32.1. The molecule has 1 amide bonds. The van der Waals surface area contributed by atoms with E-state index in [2.05, 4.69) is 25.3 Å². The Morgan fingerprint density at radius 3 is 2.46 bits per heavy atom. The SMILES string of the molecule is COC(=O)C(NC(=O)CN1CCN(c2ccc(OC)cc2)CC1)c1nncs1. The molecule has 0 saturated carbocycles. The third-order valence-electron chi connectivity index (χ3n) is 4.54. The van der Waals surface area contributed by atoms with E-state index in [1.54, 1.807) is 7.11 Å². The van der Waals surface area contributed by atoms with Gasteiger partial charge in [0.2, 0.25) is 5.91 Å². The lowest BCUT2D eigenvalue weighted by molar-refractivity contribution is -0.145. The summed E-state index contributed by atoms with van der Waals surface area (Å²) in [6.07, 6.45) is 0. The highest BCUT2D eigenvalue weighted by molar-refractivity contribution is 7.09. The first-order valence-corrected chi connectivity index (χ1v) is 9.73. The number of esters is 1. The van der Waals surface area contributed by atoms with Crippen molar-refractivity contribution in [1.29, 1.82) is 0 Å². The number of hydrogen-bond donors (Lipinski definition) is 1. The summed E-state index contributed by atoms with van der Waals surface area (Å²) in [5, 5.41) is 10.7. The number of aromatic nitrogens is 2. The molecule has 1 atom stereocenters. The molecular formula is C18H23N5O4S. The van der Waals surface area contributed by atoms with Gasteiger partial charge in [0.25, 0.3) is 0 Å². The monoisotopic (exact) mass is 405 g/mol. The van der Waals surface area contributed by atoms with Crippen molar-refractivity contribution in [2.75, 3.05) is 51.8 Å². The molecule has 3 rings (SSSR count). The fourth-order valence-corrected chi connectivity index (χ4v) is 3.60. The van der Waals surface area contributed by atoms with Gasteiger partial charge in [-0.15, -0.1) is 21.5 Å². The number of amides is 1. The summed E-state index contributed by atoms with van der Waals surface area (Å²) in [6.45, 7) is 3.35. The van der Waals surface area contributed by atoms with Crippen LogP contribution in [0.25, 0.3) is 0 Å². The molecule has 28 heavy (non-hydrogen) atoms. The summed E-state index contributed by atoms with van der Waals surface area (Å²) >= 11 is 1.20. The van der Waals surface area contributed by atoms with Crippen molar-refractivity contribution in [3.63, 3.8) is 0 Å². The number of carbonyl (C=O) groups excluding carboxylic acids is 2. The van der Waals surface area contributed by atoms with Gasteiger partial charge in [-0.1, -0.05) is 0 Å². The molecule has 9 nitrogen and oxygen atoms in total. The molecule has 150 valence electrons. The predicted octanol–water partition coefficient (Wildman–Crippen LogP) is 0.699. The van der Waals surface area contributed by atoms with Gasteiger partial charge in [0.05, 0.1) is 20.8 Å². The average Bonchev–Trinajstić information content (AvgIpc) is 3.26. The molecule has 1 unspecified atom stereocenters. The zero-order valence-electron chi connectivity index (χ0n) is 15.8. The van der Waals surface area contributed by atoms with E-state index in [9.17, 15) is 9.59 Å². The quantitative estimate of drug-likeness (QED) is 0.673. The molecular weight excluding hydrogens is 382 g/mol. The molecule has 0 radical (unpaired) electrons. The van der Waals surface area contributed by atoms with Crippen molar-refractivity contribution in [3.05, 3.63) is 34.8 Å². The molecule has 1 aliphatic heterocycles. The minimum atomic E-state index is -0.925. The minimum Gasteiger partial charge on any atom is -0.497 e. The predicted molar refractivity (Wildman–Crippen MR) is 104 cm³/mol. The van der Waals surface area contributed by atoms with Gasteiger partial charge in [0.1, 0.15) is 11.3 Å². The first-order chi connectivity index (χ1) is 13.6. The van der Waals surface area contributed by atoms with Gasteiger partial charge in [-0.25, -0.2) is 4.79 Å². The summed E-state index contributed by atoms with van der Waals surface area (Å²) < 4.78 is 9.95. The third kappa shape index (κ3) is 4.96. The van der Waals surface area contributed by atoms with Crippen LogP contribution in [-0.4, -0.2) is 73.9 Å². The second-order valence-corrected chi connectivity index (χ2v) is 7.13. The molecule has 1 aromatic carbocycles. The summed E-state index contributed by atoms with van der Waals surface area (Å²) in [7, 11) is 2.93. The Morgan fingerprint density at radius 2 is 1.89 bits per heavy atom. The second kappa shape index (κ2) is 9.47. The zero-order chi connectivity index (χ0) is 19.9. The number of ether oxygens (including phenoxy) is 2. The van der Waals surface area contributed by atoms with E-state index in [-0.39, 0.29) is 12.5 Å². The fourth-order valence-electron chi connectivity index (χ4n) is 3.01. The van der Waals surface area contributed by atoms with Crippen LogP contribution < -0.4 is 15.0 Å². The molecule has 1 aliphatic rings. The number of nitrogens with zero attached hydrogens (tertiary/aromatic N) is 4. The number of benzene rings is 1. The number of rotatable bonds is 7. The van der Waals surface area contributed by atoms with E-state index in [1.165, 1.54) is 24.0 Å². The van der Waals surface area contributed by atoms with Crippen molar-refractivity contribution in [1.82, 2.24) is 20.4 Å². The molecule has 0 spiro atoms. The van der Waals surface area contributed by atoms with Gasteiger partial charge < -0.3 is 19.7 Å². The Bertz CT molecular complexity index is 776. The number of piperazine rings is 1. The number of anilines is 1. The largest absolute Gasteiger partial charge is 0.497 e. The van der Waals surface area contributed by atoms with Crippen LogP contribution in [0, 0.1) is 0 Å². The van der Waals surface area contributed by atoms with Crippen LogP contribution in [0.5, 0.6) is 5.75 Å². The van der Waals surface area contributed by atoms with Gasteiger partial charge in [0, 0.05) is 31.9 Å². The topological polar surface area (TPSA) is 96.9 Å². The van der Waals surface area contributed by atoms with E-state index in [4.69, 9.17) is 9.47 Å². The van der Waals surface area contributed by atoms with Crippen LogP contribution in [0.1, 0.15) is 11.0 Å². The van der Waals surface area contributed by atoms with E-state index in [0.717, 1.165) is 37.6 Å². The highest BCUT2D eigenvalue weighted by Gasteiger charge is 2.28. The summed E-state index contributed by atoms with van der Waals surface area (Å²) in [4.78, 5) is 28.7. The Kier molecular flexibility index (Phi) is 6.77. The van der Waals surface area contributed by atoms with Crippen LogP contribution in [0.4, 0.5) is 5.69 Å². The van der Waals surface area contributed by atoms with Crippen LogP contribution in [0.2, 0.25) is 0 Å². The minimum absolute atomic E-state index is 0.211. The lowest BCUT2D eigenvalue weighted by Gasteiger charge is -2.35. The molecule has 10 heteroatoms. The molecule has 1 fully saturated rings. The van der Waals surface area contributed by atoms with Crippen molar-refractivity contribution < 1.29 is 19.1 Å². The normalized spacial score (nSPS) is 15.7. The Morgan fingerprint density at radius 1 is 1.18 bits per heavy atom. The molecule has 1 aromatic heterocycles. The number of hydrogen-bond acceptors (Lipinski definition) is 9. The van der Waals surface area contributed by atoms with Gasteiger partial charge in [-0.2, -0.15) is 0 Å². The Labute approximate surface area is 167 Å². The van der Waals surface area contributed by atoms with Gasteiger partial charge in [0.15, 0.2) is 11.0 Å². The summed E-state index contributed by atoms with van der Waals surface area (Å²) in [6, 6.07) is 7.02. The van der Waals surface area contributed by atoms with Crippen molar-refractivity contribution in [3.8, 4) is 5.75 Å². The maximum absolute atomic E-state index is 12.4. The second-order valence-electron chi connectivity index (χ2n) is 6.26. The van der Waals surface area contributed by atoms with Crippen molar-refractivity contribution in [2.45, 2.75) is 6.04 Å². The van der Waals surface area contributed by atoms with Crippen LogP contribution >= 0.6 is 11.3 Å². The number of carbonyl (C=O) groups is 2. The van der Waals surface area contributed by atoms with Crippen molar-refractivity contribution >= 4 is 28.9 Å². The standard InChI is InChI=1S/C18H23N5O4S/c1-26-14-5-3-13(4-6-14)23-9-7-22(8-10-23)11-15(24)20-16(18(25)27-2)17-21-19-12-28-17/h3-6,12,16H,7-11H2,1-2H3,(H,20,24). The maximum Gasteiger partial charge on any atom is 0.335 e. The van der Waals surface area contributed by atoms with E-state index >= 15 is 0 Å². The molecule has 2 aromatic rings. The number of methoxy groups -OCH3 is 2. The van der Waals surface area contributed by atoms with Gasteiger partial charge in [-0.3, -0.25) is 9.69 Å². The maximum atomic E-state index is 12.4. The van der Waals surface area contributed by atoms with Crippen LogP contribution in [0.3, 0.4) is 0 Å². The highest BCUT2D eigenvalue weighted by Crippen LogP contribution is 2.20. The molecule has 1 saturated heterocycles. The van der Waals surface area contributed by atoms with Crippen LogP contribution in [-0.2, 0) is 14.3 Å². The average molecular weight is 405 g/mol. The van der Waals surface area contributed by atoms with Crippen molar-refractivity contribution in [2.24, 2.45) is 0 Å². The Hall–Kier alpha value is -2.72. The van der Waals surface area contributed by atoms with E-state index < -0.39 is 12.0 Å². The number of nitrogens with one attached hydrogen (secondary N) is 1. The molecule has 0 bridgehead atoms.